The van der Waals surface area contributed by atoms with Gasteiger partial charge in [-0.15, -0.1) is 0 Å². The second-order valence-corrected chi connectivity index (χ2v) is 2.96. The Morgan fingerprint density at radius 2 is 1.90 bits per heavy atom. The van der Waals surface area contributed by atoms with Gasteiger partial charge < -0.3 is 11.5 Å². The van der Waals surface area contributed by atoms with E-state index in [1.165, 1.54) is 0 Å². The highest BCUT2D eigenvalue weighted by Gasteiger charge is 1.99. The maximum Gasteiger partial charge on any atom is 0.00388 e. The molecule has 0 amide bonds. The molecule has 0 rings (SSSR count). The molecule has 0 heterocycles. The Balaban J connectivity index is 3.03. The molecule has 61 valence electrons. The van der Waals surface area contributed by atoms with E-state index in [2.05, 4.69) is 6.92 Å². The van der Waals surface area contributed by atoms with Gasteiger partial charge in [0.1, 0.15) is 0 Å². The van der Waals surface area contributed by atoms with E-state index in [-0.39, 0.29) is 6.04 Å². The van der Waals surface area contributed by atoms with Crippen molar-refractivity contribution >= 4 is 0 Å². The zero-order valence-corrected chi connectivity index (χ0v) is 6.84. The van der Waals surface area contributed by atoms with Crippen LogP contribution in [0.15, 0.2) is 0 Å². The lowest BCUT2D eigenvalue weighted by Gasteiger charge is -2.08. The average Bonchev–Trinajstić information content (AvgIpc) is 1.87. The molecule has 10 heavy (non-hydrogen) atoms. The lowest BCUT2D eigenvalue weighted by Crippen LogP contribution is -2.20. The molecule has 0 aliphatic carbocycles. The van der Waals surface area contributed by atoms with E-state index >= 15 is 0 Å². The Morgan fingerprint density at radius 3 is 2.30 bits per heavy atom. The van der Waals surface area contributed by atoms with E-state index in [4.69, 9.17) is 11.5 Å². The van der Waals surface area contributed by atoms with E-state index in [0.717, 1.165) is 25.7 Å². The summed E-state index contributed by atoms with van der Waals surface area (Å²) in [5, 5.41) is 0. The van der Waals surface area contributed by atoms with Gasteiger partial charge in [-0.25, -0.2) is 0 Å². The van der Waals surface area contributed by atoms with Gasteiger partial charge in [0.05, 0.1) is 0 Å². The molecule has 1 radical (unpaired) electrons. The van der Waals surface area contributed by atoms with Gasteiger partial charge in [0.15, 0.2) is 0 Å². The summed E-state index contributed by atoms with van der Waals surface area (Å²) < 4.78 is 0. The quantitative estimate of drug-likeness (QED) is 0.604. The van der Waals surface area contributed by atoms with E-state index in [9.17, 15) is 0 Å². The van der Waals surface area contributed by atoms with Crippen molar-refractivity contribution in [3.63, 3.8) is 0 Å². The molecule has 0 fully saturated rings. The Bertz CT molecular complexity index is 71.7. The monoisotopic (exact) mass is 143 g/mol. The van der Waals surface area contributed by atoms with E-state index < -0.39 is 0 Å². The summed E-state index contributed by atoms with van der Waals surface area (Å²) in [6.45, 7) is 5.75. The lowest BCUT2D eigenvalue weighted by atomic mass is 10.1. The van der Waals surface area contributed by atoms with Crippen molar-refractivity contribution in [2.75, 3.05) is 0 Å². The third kappa shape index (κ3) is 6.05. The molecule has 2 nitrogen and oxygen atoms in total. The van der Waals surface area contributed by atoms with Gasteiger partial charge in [-0.3, -0.25) is 0 Å². The van der Waals surface area contributed by atoms with Gasteiger partial charge in [0.25, 0.3) is 0 Å². The van der Waals surface area contributed by atoms with Crippen LogP contribution in [0.5, 0.6) is 0 Å². The first kappa shape index (κ1) is 9.92. The molecule has 0 saturated heterocycles. The summed E-state index contributed by atoms with van der Waals surface area (Å²) in [4.78, 5) is 0. The van der Waals surface area contributed by atoms with Crippen molar-refractivity contribution in [1.29, 1.82) is 0 Å². The first-order valence-electron chi connectivity index (χ1n) is 3.97. The molecule has 2 atom stereocenters. The second-order valence-electron chi connectivity index (χ2n) is 2.96. The first-order valence-corrected chi connectivity index (χ1v) is 3.97. The summed E-state index contributed by atoms with van der Waals surface area (Å²) in [6.07, 6.45) is 4.10. The summed E-state index contributed by atoms with van der Waals surface area (Å²) >= 11 is 0. The van der Waals surface area contributed by atoms with Crippen LogP contribution in [-0.4, -0.2) is 12.1 Å². The van der Waals surface area contributed by atoms with Crippen LogP contribution in [0.3, 0.4) is 0 Å². The maximum absolute atomic E-state index is 5.66. The van der Waals surface area contributed by atoms with Crippen LogP contribution >= 0.6 is 0 Å². The Kier molecular flexibility index (Phi) is 5.64. The van der Waals surface area contributed by atoms with Gasteiger partial charge in [0, 0.05) is 12.1 Å². The molecule has 0 spiro atoms. The average molecular weight is 143 g/mol. The predicted octanol–water partition coefficient (Wildman–Crippen LogP) is 1.06. The number of nitrogens with two attached hydrogens (primary N) is 2. The molecule has 0 aromatic rings. The standard InChI is InChI=1S/C8H19N2/c1-3-8(10)6-4-5-7(2)9/h7-8H,1,3-6,9-10H2,2H3. The minimum absolute atomic E-state index is 0.277. The van der Waals surface area contributed by atoms with Gasteiger partial charge in [-0.2, -0.15) is 0 Å². The number of hydrogen-bond acceptors (Lipinski definition) is 2. The topological polar surface area (TPSA) is 52.0 Å². The third-order valence-corrected chi connectivity index (χ3v) is 1.61. The molecule has 4 N–H and O–H groups in total. The van der Waals surface area contributed by atoms with E-state index in [1.54, 1.807) is 0 Å². The summed E-state index contributed by atoms with van der Waals surface area (Å²) in [7, 11) is 0. The van der Waals surface area contributed by atoms with Crippen molar-refractivity contribution in [1.82, 2.24) is 0 Å². The molecular weight excluding hydrogens is 124 g/mol. The second kappa shape index (κ2) is 5.69. The van der Waals surface area contributed by atoms with Crippen molar-refractivity contribution in [2.24, 2.45) is 11.5 Å². The maximum atomic E-state index is 5.66. The van der Waals surface area contributed by atoms with Crippen LogP contribution in [0.2, 0.25) is 0 Å². The zero-order valence-electron chi connectivity index (χ0n) is 6.84. The fourth-order valence-corrected chi connectivity index (χ4v) is 0.846. The van der Waals surface area contributed by atoms with Crippen molar-refractivity contribution in [3.05, 3.63) is 6.92 Å². The van der Waals surface area contributed by atoms with Crippen molar-refractivity contribution < 1.29 is 0 Å². The summed E-state index contributed by atoms with van der Waals surface area (Å²) in [6, 6.07) is 0.593. The number of hydrogen-bond donors (Lipinski definition) is 2. The van der Waals surface area contributed by atoms with Crippen LogP contribution in [0.1, 0.15) is 32.6 Å². The molecule has 0 aliphatic rings. The van der Waals surface area contributed by atoms with Crippen LogP contribution in [-0.2, 0) is 0 Å². The summed E-state index contributed by atoms with van der Waals surface area (Å²) in [5.41, 5.74) is 11.2. The van der Waals surface area contributed by atoms with Crippen LogP contribution in [0, 0.1) is 6.92 Å². The Morgan fingerprint density at radius 1 is 1.30 bits per heavy atom. The molecule has 0 saturated carbocycles. The molecule has 2 heteroatoms. The van der Waals surface area contributed by atoms with Gasteiger partial charge in [-0.1, -0.05) is 13.3 Å². The minimum Gasteiger partial charge on any atom is -0.328 e. The predicted molar refractivity (Wildman–Crippen MR) is 45.4 cm³/mol. The minimum atomic E-state index is 0.277. The Labute approximate surface area is 64.0 Å². The van der Waals surface area contributed by atoms with Crippen molar-refractivity contribution in [2.45, 2.75) is 44.7 Å². The van der Waals surface area contributed by atoms with Crippen molar-refractivity contribution in [3.8, 4) is 0 Å². The normalized spacial score (nSPS) is 16.8. The fraction of sp³-hybridized carbons (Fsp3) is 0.875. The van der Waals surface area contributed by atoms with E-state index in [1.807, 2.05) is 6.92 Å². The highest BCUT2D eigenvalue weighted by molar-refractivity contribution is 4.63. The molecule has 0 aliphatic heterocycles. The molecular formula is C8H19N2. The van der Waals surface area contributed by atoms with Crippen LogP contribution in [0.25, 0.3) is 0 Å². The summed E-state index contributed by atoms with van der Waals surface area (Å²) in [5.74, 6) is 0. The SMILES string of the molecule is [CH2]CC(N)CCCC(C)N. The third-order valence-electron chi connectivity index (χ3n) is 1.61. The highest BCUT2D eigenvalue weighted by Crippen LogP contribution is 2.02. The van der Waals surface area contributed by atoms with Crippen LogP contribution in [0.4, 0.5) is 0 Å². The smallest absolute Gasteiger partial charge is 0.00388 e. The van der Waals surface area contributed by atoms with Gasteiger partial charge in [-0.05, 0) is 26.2 Å². The Hall–Kier alpha value is -0.0800. The fourth-order valence-electron chi connectivity index (χ4n) is 0.846. The lowest BCUT2D eigenvalue weighted by molar-refractivity contribution is 0.534. The molecule has 0 aromatic heterocycles. The van der Waals surface area contributed by atoms with E-state index in [0.29, 0.717) is 6.04 Å². The molecule has 0 bridgehead atoms. The molecule has 2 unspecified atom stereocenters. The van der Waals surface area contributed by atoms with Crippen LogP contribution < -0.4 is 11.5 Å². The highest BCUT2D eigenvalue weighted by atomic mass is 14.6. The molecule has 0 aromatic carbocycles. The zero-order chi connectivity index (χ0) is 7.98. The largest absolute Gasteiger partial charge is 0.328 e. The van der Waals surface area contributed by atoms with Gasteiger partial charge in [0.2, 0.25) is 0 Å². The van der Waals surface area contributed by atoms with Gasteiger partial charge >= 0.3 is 0 Å². The number of rotatable bonds is 5. The first-order chi connectivity index (χ1) is 4.66.